The van der Waals surface area contributed by atoms with Crippen LogP contribution in [0.1, 0.15) is 0 Å². The second kappa shape index (κ2) is 7.16. The highest BCUT2D eigenvalue weighted by atomic mass is 32.2. The van der Waals surface area contributed by atoms with E-state index in [0.29, 0.717) is 11.3 Å². The van der Waals surface area contributed by atoms with Gasteiger partial charge in [0.05, 0.1) is 4.90 Å². The number of nitrogens with one attached hydrogen (secondary N) is 1. The molecule has 3 rings (SSSR count). The fraction of sp³-hybridized carbons (Fsp3) is 0.118. The van der Waals surface area contributed by atoms with Crippen LogP contribution in [0.2, 0.25) is 0 Å². The van der Waals surface area contributed by atoms with E-state index in [1.165, 1.54) is 48.5 Å². The number of sulfone groups is 1. The number of nitrogens with zero attached hydrogens (tertiary/aromatic N) is 2. The van der Waals surface area contributed by atoms with E-state index >= 15 is 0 Å². The van der Waals surface area contributed by atoms with Crippen molar-refractivity contribution in [3.63, 3.8) is 0 Å². The highest BCUT2D eigenvalue weighted by Gasteiger charge is 2.14. The van der Waals surface area contributed by atoms with Crippen LogP contribution in [0.3, 0.4) is 0 Å². The number of hydrogen-bond acceptors (Lipinski definition) is 6. The Morgan fingerprint density at radius 2 is 1.78 bits per heavy atom. The lowest BCUT2D eigenvalue weighted by molar-refractivity contribution is -0.117. The van der Waals surface area contributed by atoms with Gasteiger partial charge < -0.3 is 9.73 Å². The van der Waals surface area contributed by atoms with Crippen molar-refractivity contribution in [2.45, 2.75) is 11.4 Å². The van der Waals surface area contributed by atoms with Crippen molar-refractivity contribution in [2.24, 2.45) is 0 Å². The molecule has 8 nitrogen and oxygen atoms in total. The van der Waals surface area contributed by atoms with Crippen LogP contribution in [-0.2, 0) is 21.2 Å². The van der Waals surface area contributed by atoms with E-state index in [1.54, 1.807) is 0 Å². The highest BCUT2D eigenvalue weighted by Crippen LogP contribution is 2.16. The average molecular weight is 391 g/mol. The third kappa shape index (κ3) is 4.47. The molecular weight excluding hydrogens is 377 g/mol. The second-order valence-corrected chi connectivity index (χ2v) is 7.70. The van der Waals surface area contributed by atoms with E-state index in [-0.39, 0.29) is 10.8 Å². The number of benzene rings is 2. The summed E-state index contributed by atoms with van der Waals surface area (Å²) in [5.41, 5.74) is 0.756. The monoisotopic (exact) mass is 391 g/mol. The number of halogens is 1. The average Bonchev–Trinajstić information content (AvgIpc) is 2.95. The van der Waals surface area contributed by atoms with Gasteiger partial charge in [-0.15, -0.1) is 5.10 Å². The van der Waals surface area contributed by atoms with E-state index in [0.717, 1.165) is 10.9 Å². The molecule has 3 aromatic rings. The molecule has 0 saturated carbocycles. The molecule has 0 fully saturated rings. The topological polar surface area (TPSA) is 111 Å². The molecule has 0 atom stereocenters. The molecule has 0 radical (unpaired) electrons. The van der Waals surface area contributed by atoms with Crippen LogP contribution in [0.25, 0.3) is 11.5 Å². The molecule has 10 heteroatoms. The quantitative estimate of drug-likeness (QED) is 0.708. The Morgan fingerprint density at radius 3 is 2.37 bits per heavy atom. The van der Waals surface area contributed by atoms with Crippen molar-refractivity contribution < 1.29 is 22.0 Å². The molecule has 0 spiro atoms. The maximum Gasteiger partial charge on any atom is 0.437 e. The van der Waals surface area contributed by atoms with Gasteiger partial charge in [-0.25, -0.2) is 17.6 Å². The van der Waals surface area contributed by atoms with Gasteiger partial charge in [0.15, 0.2) is 9.84 Å². The van der Waals surface area contributed by atoms with Gasteiger partial charge in [-0.1, -0.05) is 0 Å². The molecule has 1 heterocycles. The van der Waals surface area contributed by atoms with Crippen molar-refractivity contribution >= 4 is 21.4 Å². The minimum atomic E-state index is -3.33. The van der Waals surface area contributed by atoms with E-state index in [4.69, 9.17) is 4.42 Å². The van der Waals surface area contributed by atoms with Crippen LogP contribution in [0, 0.1) is 5.82 Å². The maximum absolute atomic E-state index is 13.0. The Kier molecular flexibility index (Phi) is 4.91. The SMILES string of the molecule is CS(=O)(=O)c1ccc(NC(=O)Cn2nc(-c3ccc(F)cc3)oc2=O)cc1. The van der Waals surface area contributed by atoms with Crippen LogP contribution < -0.4 is 11.1 Å². The molecule has 0 aliphatic carbocycles. The Morgan fingerprint density at radius 1 is 1.15 bits per heavy atom. The summed E-state index contributed by atoms with van der Waals surface area (Å²) >= 11 is 0. The van der Waals surface area contributed by atoms with Crippen LogP contribution in [-0.4, -0.2) is 30.4 Å². The molecule has 0 saturated heterocycles. The van der Waals surface area contributed by atoms with Gasteiger partial charge >= 0.3 is 5.76 Å². The van der Waals surface area contributed by atoms with Crippen LogP contribution in [0.15, 0.2) is 62.6 Å². The smallest absolute Gasteiger partial charge is 0.388 e. The Hall–Kier alpha value is -3.27. The zero-order valence-corrected chi connectivity index (χ0v) is 14.9. The van der Waals surface area contributed by atoms with Gasteiger partial charge in [0, 0.05) is 17.5 Å². The summed E-state index contributed by atoms with van der Waals surface area (Å²) in [6.45, 7) is -0.405. The number of rotatable bonds is 5. The summed E-state index contributed by atoms with van der Waals surface area (Å²) in [4.78, 5) is 24.0. The van der Waals surface area contributed by atoms with Crippen molar-refractivity contribution in [1.82, 2.24) is 9.78 Å². The van der Waals surface area contributed by atoms with E-state index < -0.39 is 33.9 Å². The predicted octanol–water partition coefficient (Wildman–Crippen LogP) is 1.68. The molecule has 27 heavy (non-hydrogen) atoms. The van der Waals surface area contributed by atoms with E-state index in [1.807, 2.05) is 0 Å². The summed E-state index contributed by atoms with van der Waals surface area (Å²) in [7, 11) is -3.33. The normalized spacial score (nSPS) is 11.3. The molecule has 140 valence electrons. The number of amides is 1. The minimum Gasteiger partial charge on any atom is -0.388 e. The van der Waals surface area contributed by atoms with Crippen molar-refractivity contribution in [1.29, 1.82) is 0 Å². The molecule has 0 aliphatic heterocycles. The number of hydrogen-bond donors (Lipinski definition) is 1. The minimum absolute atomic E-state index is 0.0368. The Labute approximate surface area is 153 Å². The van der Waals surface area contributed by atoms with Crippen LogP contribution in [0.4, 0.5) is 10.1 Å². The van der Waals surface area contributed by atoms with Gasteiger partial charge in [0.1, 0.15) is 12.4 Å². The third-order valence-electron chi connectivity index (χ3n) is 3.56. The maximum atomic E-state index is 13.0. The fourth-order valence-corrected chi connectivity index (χ4v) is 2.87. The summed E-state index contributed by atoms with van der Waals surface area (Å²) < 4.78 is 41.6. The lowest BCUT2D eigenvalue weighted by Crippen LogP contribution is -2.25. The standard InChI is InChI=1S/C17H14FN3O5S/c1-27(24,25)14-8-6-13(7-9-14)19-15(22)10-21-17(23)26-16(20-21)11-2-4-12(18)5-3-11/h2-9H,10H2,1H3,(H,19,22). The second-order valence-electron chi connectivity index (χ2n) is 5.68. The zero-order valence-electron chi connectivity index (χ0n) is 14.0. The number of anilines is 1. The van der Waals surface area contributed by atoms with Crippen molar-refractivity contribution in [3.8, 4) is 11.5 Å². The predicted molar refractivity (Wildman–Crippen MR) is 94.3 cm³/mol. The summed E-state index contributed by atoms with van der Waals surface area (Å²) in [6.07, 6.45) is 1.08. The van der Waals surface area contributed by atoms with E-state index in [2.05, 4.69) is 10.4 Å². The Bertz CT molecular complexity index is 1130. The zero-order chi connectivity index (χ0) is 19.6. The van der Waals surface area contributed by atoms with Gasteiger partial charge in [-0.3, -0.25) is 4.79 Å². The number of aromatic nitrogens is 2. The molecule has 0 unspecified atom stereocenters. The number of carbonyl (C=O) groups excluding carboxylic acids is 1. The molecule has 0 bridgehead atoms. The van der Waals surface area contributed by atoms with Crippen molar-refractivity contribution in [3.05, 3.63) is 64.9 Å². The van der Waals surface area contributed by atoms with Crippen LogP contribution >= 0.6 is 0 Å². The summed E-state index contributed by atoms with van der Waals surface area (Å²) in [6, 6.07) is 10.8. The largest absolute Gasteiger partial charge is 0.437 e. The van der Waals surface area contributed by atoms with Gasteiger partial charge in [-0.2, -0.15) is 4.68 Å². The highest BCUT2D eigenvalue weighted by molar-refractivity contribution is 7.90. The molecule has 1 N–H and O–H groups in total. The fourth-order valence-electron chi connectivity index (χ4n) is 2.24. The van der Waals surface area contributed by atoms with Gasteiger partial charge in [-0.05, 0) is 48.5 Å². The first-order valence-electron chi connectivity index (χ1n) is 7.66. The summed E-state index contributed by atoms with van der Waals surface area (Å²) in [5, 5.41) is 6.44. The molecule has 0 aliphatic rings. The first-order chi connectivity index (χ1) is 12.7. The summed E-state index contributed by atoms with van der Waals surface area (Å²) in [5.74, 6) is -1.87. The van der Waals surface area contributed by atoms with E-state index in [9.17, 15) is 22.4 Å². The lowest BCUT2D eigenvalue weighted by atomic mass is 10.2. The number of carbonyl (C=O) groups is 1. The molecular formula is C17H14FN3O5S. The molecule has 1 amide bonds. The third-order valence-corrected chi connectivity index (χ3v) is 4.69. The molecule has 1 aromatic heterocycles. The van der Waals surface area contributed by atoms with Gasteiger partial charge in [0.25, 0.3) is 0 Å². The first kappa shape index (κ1) is 18.5. The Balaban J connectivity index is 1.71. The first-order valence-corrected chi connectivity index (χ1v) is 9.55. The van der Waals surface area contributed by atoms with Gasteiger partial charge in [0.2, 0.25) is 11.8 Å². The van der Waals surface area contributed by atoms with Crippen LogP contribution in [0.5, 0.6) is 0 Å². The van der Waals surface area contributed by atoms with Crippen molar-refractivity contribution in [2.75, 3.05) is 11.6 Å². The molecule has 2 aromatic carbocycles. The lowest BCUT2D eigenvalue weighted by Gasteiger charge is -2.05.